The number of rotatable bonds is 3. The molecule has 0 atom stereocenters. The van der Waals surface area contributed by atoms with Crippen LogP contribution in [0.5, 0.6) is 0 Å². The molecule has 1 aliphatic rings. The van der Waals surface area contributed by atoms with Gasteiger partial charge >= 0.3 is 0 Å². The van der Waals surface area contributed by atoms with Gasteiger partial charge in [0.15, 0.2) is 0 Å². The van der Waals surface area contributed by atoms with Gasteiger partial charge in [-0.2, -0.15) is 0 Å². The molecular formula is C17H12N2O3S. The maximum absolute atomic E-state index is 12.2. The first-order valence-corrected chi connectivity index (χ1v) is 7.73. The summed E-state index contributed by atoms with van der Waals surface area (Å²) in [5.74, 6) is 5.41. The molecule has 2 heterocycles. The lowest BCUT2D eigenvalue weighted by atomic mass is 10.1. The number of hydrogen-bond acceptors (Lipinski definition) is 5. The van der Waals surface area contributed by atoms with Crippen molar-refractivity contribution in [1.82, 2.24) is 4.90 Å². The Hall–Kier alpha value is -2.91. The highest BCUT2D eigenvalue weighted by Gasteiger charge is 2.34. The minimum absolute atomic E-state index is 0.259. The van der Waals surface area contributed by atoms with Crippen molar-refractivity contribution in [2.45, 2.75) is 6.42 Å². The van der Waals surface area contributed by atoms with Crippen LogP contribution >= 0.6 is 11.3 Å². The van der Waals surface area contributed by atoms with Crippen LogP contribution in [0.2, 0.25) is 0 Å². The zero-order valence-electron chi connectivity index (χ0n) is 12.0. The van der Waals surface area contributed by atoms with Gasteiger partial charge in [0.2, 0.25) is 0 Å². The first-order chi connectivity index (χ1) is 11.2. The van der Waals surface area contributed by atoms with Gasteiger partial charge < -0.3 is 5.21 Å². The molecule has 0 spiro atoms. The number of oxime groups is 1. The summed E-state index contributed by atoms with van der Waals surface area (Å²) in [5.41, 5.74) is 0.910. The second-order valence-corrected chi connectivity index (χ2v) is 5.92. The second-order valence-electron chi connectivity index (χ2n) is 4.81. The average molecular weight is 324 g/mol. The Bertz CT molecular complexity index is 823. The van der Waals surface area contributed by atoms with E-state index in [0.29, 0.717) is 17.5 Å². The van der Waals surface area contributed by atoms with Gasteiger partial charge in [-0.05, 0) is 24.3 Å². The van der Waals surface area contributed by atoms with Crippen molar-refractivity contribution in [3.8, 4) is 11.8 Å². The summed E-state index contributed by atoms with van der Waals surface area (Å²) in [4.78, 5) is 27.2. The number of fused-ring (bicyclic) bond motifs is 1. The Morgan fingerprint density at radius 2 is 1.83 bits per heavy atom. The monoisotopic (exact) mass is 324 g/mol. The number of benzene rings is 1. The summed E-state index contributed by atoms with van der Waals surface area (Å²) in [7, 11) is 0. The molecule has 1 aliphatic heterocycles. The van der Waals surface area contributed by atoms with Crippen LogP contribution in [0, 0.1) is 11.8 Å². The summed E-state index contributed by atoms with van der Waals surface area (Å²) in [6, 6.07) is 10.5. The summed E-state index contributed by atoms with van der Waals surface area (Å²) >= 11 is 1.40. The first-order valence-electron chi connectivity index (χ1n) is 6.92. The molecule has 5 nitrogen and oxygen atoms in total. The lowest BCUT2D eigenvalue weighted by molar-refractivity contribution is 0.0658. The molecule has 0 fully saturated rings. The Morgan fingerprint density at radius 3 is 2.48 bits per heavy atom. The predicted molar refractivity (Wildman–Crippen MR) is 87.0 cm³/mol. The van der Waals surface area contributed by atoms with Crippen LogP contribution < -0.4 is 0 Å². The lowest BCUT2D eigenvalue weighted by Gasteiger charge is -2.10. The molecule has 0 unspecified atom stereocenters. The first kappa shape index (κ1) is 15.0. The Balaban J connectivity index is 1.63. The van der Waals surface area contributed by atoms with Crippen LogP contribution in [0.3, 0.4) is 0 Å². The van der Waals surface area contributed by atoms with Crippen molar-refractivity contribution in [3.63, 3.8) is 0 Å². The van der Waals surface area contributed by atoms with Crippen LogP contribution in [0.15, 0.2) is 41.6 Å². The third kappa shape index (κ3) is 3.00. The van der Waals surface area contributed by atoms with Crippen molar-refractivity contribution >= 4 is 29.4 Å². The maximum Gasteiger partial charge on any atom is 0.261 e. The zero-order valence-corrected chi connectivity index (χ0v) is 12.8. The maximum atomic E-state index is 12.2. The van der Waals surface area contributed by atoms with Gasteiger partial charge in [0, 0.05) is 17.8 Å². The SMILES string of the molecule is O=C1c2ccccc2C(=O)N1CCC#Cc1ccc(C=NO)s1. The van der Waals surface area contributed by atoms with Gasteiger partial charge in [0.25, 0.3) is 11.8 Å². The molecule has 114 valence electrons. The van der Waals surface area contributed by atoms with E-state index in [9.17, 15) is 9.59 Å². The minimum Gasteiger partial charge on any atom is -0.411 e. The fraction of sp³-hybridized carbons (Fsp3) is 0.118. The van der Waals surface area contributed by atoms with Gasteiger partial charge in [0.1, 0.15) is 0 Å². The van der Waals surface area contributed by atoms with E-state index >= 15 is 0 Å². The van der Waals surface area contributed by atoms with Crippen molar-refractivity contribution in [3.05, 3.63) is 57.3 Å². The number of hydrogen-bond donors (Lipinski definition) is 1. The van der Waals surface area contributed by atoms with E-state index in [-0.39, 0.29) is 18.4 Å². The van der Waals surface area contributed by atoms with Gasteiger partial charge in [0.05, 0.1) is 22.2 Å². The third-order valence-electron chi connectivity index (χ3n) is 3.36. The number of imide groups is 1. The quantitative estimate of drug-likeness (QED) is 0.310. The summed E-state index contributed by atoms with van der Waals surface area (Å²) in [6.45, 7) is 0.273. The normalized spacial score (nSPS) is 13.3. The highest BCUT2D eigenvalue weighted by Crippen LogP contribution is 2.22. The standard InChI is InChI=1S/C17H12N2O3S/c20-16-14-6-1-2-7-15(14)17(21)19(16)10-4-3-5-12-8-9-13(23-12)11-18-22/h1-2,6-9,11,22H,4,10H2. The number of carbonyl (C=O) groups excluding carboxylic acids is 2. The molecule has 1 aromatic carbocycles. The molecule has 0 saturated carbocycles. The number of amides is 2. The van der Waals surface area contributed by atoms with Gasteiger partial charge in [-0.1, -0.05) is 29.1 Å². The molecule has 1 aromatic heterocycles. The predicted octanol–water partition coefficient (Wildman–Crippen LogP) is 2.59. The highest BCUT2D eigenvalue weighted by molar-refractivity contribution is 7.14. The largest absolute Gasteiger partial charge is 0.411 e. The van der Waals surface area contributed by atoms with Gasteiger partial charge in [-0.25, -0.2) is 0 Å². The lowest BCUT2D eigenvalue weighted by Crippen LogP contribution is -2.30. The van der Waals surface area contributed by atoms with Gasteiger partial charge in [-0.15, -0.1) is 11.3 Å². The van der Waals surface area contributed by atoms with Crippen LogP contribution in [0.1, 0.15) is 36.9 Å². The van der Waals surface area contributed by atoms with E-state index in [0.717, 1.165) is 9.75 Å². The molecule has 1 N–H and O–H groups in total. The molecule has 2 amide bonds. The van der Waals surface area contributed by atoms with E-state index in [1.165, 1.54) is 22.5 Å². The number of carbonyl (C=O) groups is 2. The fourth-order valence-electron chi connectivity index (χ4n) is 2.31. The fourth-order valence-corrected chi connectivity index (χ4v) is 3.05. The Kier molecular flexibility index (Phi) is 4.22. The molecule has 6 heteroatoms. The van der Waals surface area contributed by atoms with E-state index < -0.39 is 0 Å². The van der Waals surface area contributed by atoms with E-state index in [2.05, 4.69) is 17.0 Å². The number of thiophene rings is 1. The average Bonchev–Trinajstić information content (AvgIpc) is 3.10. The number of nitrogens with zero attached hydrogens (tertiary/aromatic N) is 2. The van der Waals surface area contributed by atoms with E-state index in [4.69, 9.17) is 5.21 Å². The third-order valence-corrected chi connectivity index (χ3v) is 4.30. The smallest absolute Gasteiger partial charge is 0.261 e. The molecule has 0 saturated heterocycles. The molecule has 0 bridgehead atoms. The Morgan fingerprint density at radius 1 is 1.13 bits per heavy atom. The van der Waals surface area contributed by atoms with Crippen molar-refractivity contribution in [2.75, 3.05) is 6.54 Å². The molecule has 23 heavy (non-hydrogen) atoms. The van der Waals surface area contributed by atoms with Crippen molar-refractivity contribution < 1.29 is 14.8 Å². The molecule has 0 aliphatic carbocycles. The van der Waals surface area contributed by atoms with E-state index in [1.54, 1.807) is 30.3 Å². The van der Waals surface area contributed by atoms with Crippen molar-refractivity contribution in [1.29, 1.82) is 0 Å². The molecular weight excluding hydrogens is 312 g/mol. The minimum atomic E-state index is -0.259. The molecule has 0 radical (unpaired) electrons. The van der Waals surface area contributed by atoms with Crippen LogP contribution in [0.4, 0.5) is 0 Å². The van der Waals surface area contributed by atoms with Crippen LogP contribution in [-0.4, -0.2) is 34.7 Å². The highest BCUT2D eigenvalue weighted by atomic mass is 32.1. The topological polar surface area (TPSA) is 70.0 Å². The second kappa shape index (κ2) is 6.46. The summed E-state index contributed by atoms with van der Waals surface area (Å²) < 4.78 is 0. The Labute approximate surface area is 136 Å². The summed E-state index contributed by atoms with van der Waals surface area (Å²) in [6.07, 6.45) is 1.75. The molecule has 3 rings (SSSR count). The zero-order chi connectivity index (χ0) is 16.2. The van der Waals surface area contributed by atoms with E-state index in [1.807, 2.05) is 6.07 Å². The van der Waals surface area contributed by atoms with Crippen molar-refractivity contribution in [2.24, 2.45) is 5.16 Å². The van der Waals surface area contributed by atoms with Gasteiger partial charge in [-0.3, -0.25) is 14.5 Å². The van der Waals surface area contributed by atoms with Crippen LogP contribution in [-0.2, 0) is 0 Å². The summed E-state index contributed by atoms with van der Waals surface area (Å²) in [5, 5.41) is 11.4. The van der Waals surface area contributed by atoms with Crippen LogP contribution in [0.25, 0.3) is 0 Å². The molecule has 2 aromatic rings.